The van der Waals surface area contributed by atoms with Crippen LogP contribution in [0.5, 0.6) is 0 Å². The number of ether oxygens (including phenoxy) is 1. The highest BCUT2D eigenvalue weighted by Gasteiger charge is 2.24. The van der Waals surface area contributed by atoms with Crippen molar-refractivity contribution in [2.75, 3.05) is 5.32 Å². The van der Waals surface area contributed by atoms with Gasteiger partial charge < -0.3 is 9.26 Å². The Balaban J connectivity index is 1.62. The Labute approximate surface area is 166 Å². The lowest BCUT2D eigenvalue weighted by atomic mass is 10.1. The van der Waals surface area contributed by atoms with Gasteiger partial charge in [-0.25, -0.2) is 9.78 Å². The van der Waals surface area contributed by atoms with Crippen LogP contribution in [0.25, 0.3) is 11.3 Å². The van der Waals surface area contributed by atoms with Crippen molar-refractivity contribution in [1.82, 2.24) is 10.1 Å². The second-order valence-electron chi connectivity index (χ2n) is 6.32. The molecule has 3 aromatic rings. The summed E-state index contributed by atoms with van der Waals surface area (Å²) >= 11 is 1.31. The normalized spacial score (nSPS) is 11.9. The zero-order chi connectivity index (χ0) is 20.3. The number of benzene rings is 1. The molecule has 3 rings (SSSR count). The Morgan fingerprint density at radius 1 is 1.25 bits per heavy atom. The number of carbonyl (C=O) groups is 2. The molecule has 0 aliphatic rings. The van der Waals surface area contributed by atoms with Crippen molar-refractivity contribution in [3.63, 3.8) is 0 Å². The van der Waals surface area contributed by atoms with Crippen molar-refractivity contribution < 1.29 is 18.8 Å². The van der Waals surface area contributed by atoms with E-state index in [-0.39, 0.29) is 5.56 Å². The molecule has 0 saturated heterocycles. The molecule has 1 aromatic carbocycles. The van der Waals surface area contributed by atoms with Crippen LogP contribution in [-0.2, 0) is 16.0 Å². The monoisotopic (exact) mass is 399 g/mol. The quantitative estimate of drug-likeness (QED) is 0.626. The molecule has 0 spiro atoms. The lowest BCUT2D eigenvalue weighted by Crippen LogP contribution is -2.30. The van der Waals surface area contributed by atoms with E-state index in [4.69, 9.17) is 9.26 Å². The first-order valence-corrected chi connectivity index (χ1v) is 9.76. The molecule has 2 aromatic heterocycles. The predicted molar refractivity (Wildman–Crippen MR) is 106 cm³/mol. The zero-order valence-electron chi connectivity index (χ0n) is 16.1. The number of rotatable bonds is 6. The van der Waals surface area contributed by atoms with Crippen LogP contribution >= 0.6 is 11.3 Å². The molecule has 7 nitrogen and oxygen atoms in total. The van der Waals surface area contributed by atoms with E-state index >= 15 is 0 Å². The third-order valence-corrected chi connectivity index (χ3v) is 5.04. The summed E-state index contributed by atoms with van der Waals surface area (Å²) in [5, 5.41) is 8.72. The summed E-state index contributed by atoms with van der Waals surface area (Å²) in [4.78, 5) is 29.0. The van der Waals surface area contributed by atoms with E-state index in [1.807, 2.05) is 17.5 Å². The fourth-order valence-electron chi connectivity index (χ4n) is 2.63. The number of hydrogen-bond donors (Lipinski definition) is 1. The number of aromatic nitrogens is 2. The first-order chi connectivity index (χ1) is 13.4. The lowest BCUT2D eigenvalue weighted by molar-refractivity contribution is -0.123. The van der Waals surface area contributed by atoms with Crippen LogP contribution in [-0.4, -0.2) is 28.1 Å². The molecule has 0 aliphatic carbocycles. The Morgan fingerprint density at radius 3 is 2.57 bits per heavy atom. The van der Waals surface area contributed by atoms with E-state index in [0.717, 1.165) is 17.7 Å². The topological polar surface area (TPSA) is 94.3 Å². The van der Waals surface area contributed by atoms with E-state index in [9.17, 15) is 9.59 Å². The summed E-state index contributed by atoms with van der Waals surface area (Å²) in [5.41, 5.74) is 3.68. The SMILES string of the molecule is CCc1ccc(-c2csc(NC(=O)[C@H](C)OC(=O)c3c(C)noc3C)n2)cc1. The number of esters is 1. The lowest BCUT2D eigenvalue weighted by Gasteiger charge is -2.12. The van der Waals surface area contributed by atoms with E-state index in [1.54, 1.807) is 13.8 Å². The summed E-state index contributed by atoms with van der Waals surface area (Å²) in [6.07, 6.45) is -0.0131. The van der Waals surface area contributed by atoms with Gasteiger partial charge in [-0.3, -0.25) is 10.1 Å². The molecule has 0 saturated carbocycles. The van der Waals surface area contributed by atoms with Crippen molar-refractivity contribution >= 4 is 28.3 Å². The molecular weight excluding hydrogens is 378 g/mol. The number of carbonyl (C=O) groups excluding carboxylic acids is 2. The standard InChI is InChI=1S/C20H21N3O4S/c1-5-14-6-8-15(9-7-14)16-10-28-20(21-16)22-18(24)13(4)26-19(25)17-11(2)23-27-12(17)3/h6-10,13H,5H2,1-4H3,(H,21,22,24)/t13-/m0/s1. The molecule has 0 unspecified atom stereocenters. The van der Waals surface area contributed by atoms with E-state index in [2.05, 4.69) is 34.5 Å². The van der Waals surface area contributed by atoms with Crippen molar-refractivity contribution in [2.45, 2.75) is 40.2 Å². The van der Waals surface area contributed by atoms with Crippen LogP contribution in [0.15, 0.2) is 34.2 Å². The highest BCUT2D eigenvalue weighted by molar-refractivity contribution is 7.14. The summed E-state index contributed by atoms with van der Waals surface area (Å²) in [6, 6.07) is 8.13. The van der Waals surface area contributed by atoms with Crippen LogP contribution < -0.4 is 5.32 Å². The summed E-state index contributed by atoms with van der Waals surface area (Å²) in [6.45, 7) is 6.86. The molecule has 2 heterocycles. The van der Waals surface area contributed by atoms with Gasteiger partial charge in [-0.15, -0.1) is 11.3 Å². The van der Waals surface area contributed by atoms with E-state index in [0.29, 0.717) is 16.6 Å². The molecule has 0 fully saturated rings. The van der Waals surface area contributed by atoms with Gasteiger partial charge in [0.25, 0.3) is 5.91 Å². The molecular formula is C20H21N3O4S. The second-order valence-corrected chi connectivity index (χ2v) is 7.18. The fourth-order valence-corrected chi connectivity index (χ4v) is 3.35. The number of nitrogens with one attached hydrogen (secondary N) is 1. The number of thiazole rings is 1. The molecule has 1 N–H and O–H groups in total. The van der Waals surface area contributed by atoms with Crippen LogP contribution in [0, 0.1) is 13.8 Å². The van der Waals surface area contributed by atoms with Crippen molar-refractivity contribution in [1.29, 1.82) is 0 Å². The van der Waals surface area contributed by atoms with Crippen LogP contribution in [0.2, 0.25) is 0 Å². The number of aryl methyl sites for hydroxylation is 3. The molecule has 146 valence electrons. The van der Waals surface area contributed by atoms with Gasteiger partial charge in [-0.05, 0) is 32.8 Å². The Bertz CT molecular complexity index is 972. The average molecular weight is 399 g/mol. The van der Waals surface area contributed by atoms with Crippen molar-refractivity contribution in [2.24, 2.45) is 0 Å². The molecule has 0 bridgehead atoms. The summed E-state index contributed by atoms with van der Waals surface area (Å²) < 4.78 is 10.2. The molecule has 0 radical (unpaired) electrons. The van der Waals surface area contributed by atoms with Crippen LogP contribution in [0.1, 0.15) is 41.2 Å². The smallest absolute Gasteiger partial charge is 0.344 e. The predicted octanol–water partition coefficient (Wildman–Crippen LogP) is 4.16. The van der Waals surface area contributed by atoms with Crippen molar-refractivity contribution in [3.05, 3.63) is 52.2 Å². The largest absolute Gasteiger partial charge is 0.449 e. The van der Waals surface area contributed by atoms with Crippen LogP contribution in [0.4, 0.5) is 5.13 Å². The maximum absolute atomic E-state index is 12.4. The van der Waals surface area contributed by atoms with Gasteiger partial charge in [0.05, 0.1) is 11.4 Å². The molecule has 0 aliphatic heterocycles. The minimum Gasteiger partial charge on any atom is -0.449 e. The van der Waals surface area contributed by atoms with Gasteiger partial charge in [0.2, 0.25) is 0 Å². The maximum atomic E-state index is 12.4. The fraction of sp³-hybridized carbons (Fsp3) is 0.300. The number of hydrogen-bond acceptors (Lipinski definition) is 7. The Morgan fingerprint density at radius 2 is 1.96 bits per heavy atom. The van der Waals surface area contributed by atoms with Gasteiger partial charge in [-0.2, -0.15) is 0 Å². The van der Waals surface area contributed by atoms with Gasteiger partial charge >= 0.3 is 5.97 Å². The van der Waals surface area contributed by atoms with Crippen LogP contribution in [0.3, 0.4) is 0 Å². The summed E-state index contributed by atoms with van der Waals surface area (Å²) in [7, 11) is 0. The third-order valence-electron chi connectivity index (χ3n) is 4.28. The number of amides is 1. The van der Waals surface area contributed by atoms with Gasteiger partial charge in [0.1, 0.15) is 11.3 Å². The third kappa shape index (κ3) is 4.28. The Hall–Kier alpha value is -3.00. The van der Waals surface area contributed by atoms with E-state index < -0.39 is 18.0 Å². The van der Waals surface area contributed by atoms with Gasteiger partial charge in [-0.1, -0.05) is 36.3 Å². The number of nitrogens with zero attached hydrogens (tertiary/aromatic N) is 2. The van der Waals surface area contributed by atoms with E-state index in [1.165, 1.54) is 23.8 Å². The average Bonchev–Trinajstić information content (AvgIpc) is 3.28. The first kappa shape index (κ1) is 19.8. The summed E-state index contributed by atoms with van der Waals surface area (Å²) in [5.74, 6) is -0.745. The van der Waals surface area contributed by atoms with Gasteiger partial charge in [0, 0.05) is 10.9 Å². The molecule has 8 heteroatoms. The molecule has 1 atom stereocenters. The second kappa shape index (κ2) is 8.35. The zero-order valence-corrected chi connectivity index (χ0v) is 16.9. The van der Waals surface area contributed by atoms with Gasteiger partial charge in [0.15, 0.2) is 11.2 Å². The molecule has 1 amide bonds. The maximum Gasteiger partial charge on any atom is 0.344 e. The Kier molecular flexibility index (Phi) is 5.89. The molecule has 28 heavy (non-hydrogen) atoms. The minimum absolute atomic E-state index is 0.242. The minimum atomic E-state index is -0.989. The highest BCUT2D eigenvalue weighted by Crippen LogP contribution is 2.25. The first-order valence-electron chi connectivity index (χ1n) is 8.88. The van der Waals surface area contributed by atoms with Crippen molar-refractivity contribution in [3.8, 4) is 11.3 Å². The number of anilines is 1. The highest BCUT2D eigenvalue weighted by atomic mass is 32.1.